The molecule has 0 unspecified atom stereocenters. The van der Waals surface area contributed by atoms with E-state index in [0.29, 0.717) is 25.9 Å². The van der Waals surface area contributed by atoms with Gasteiger partial charge in [-0.3, -0.25) is 4.72 Å². The van der Waals surface area contributed by atoms with E-state index in [1.165, 1.54) is 28.6 Å². The van der Waals surface area contributed by atoms with Crippen molar-refractivity contribution in [1.29, 1.82) is 0 Å². The van der Waals surface area contributed by atoms with Crippen LogP contribution in [0, 0.1) is 0 Å². The molecule has 0 heterocycles. The number of alkyl halides is 3. The van der Waals surface area contributed by atoms with Gasteiger partial charge in [0.1, 0.15) is 5.75 Å². The average molecular weight is 481 g/mol. The summed E-state index contributed by atoms with van der Waals surface area (Å²) in [5.41, 5.74) is 0.104. The van der Waals surface area contributed by atoms with Crippen LogP contribution < -0.4 is 9.46 Å². The highest BCUT2D eigenvalue weighted by molar-refractivity contribution is 7.92. The van der Waals surface area contributed by atoms with Gasteiger partial charge in [-0.25, -0.2) is 16.8 Å². The normalized spacial score (nSPS) is 12.7. The van der Waals surface area contributed by atoms with Crippen molar-refractivity contribution in [3.05, 3.63) is 48.5 Å². The molecule has 0 aliphatic heterocycles. The maximum absolute atomic E-state index is 12.8. The van der Waals surface area contributed by atoms with Crippen LogP contribution in [0.5, 0.6) is 5.75 Å². The first-order valence-corrected chi connectivity index (χ1v) is 12.3. The fourth-order valence-corrected chi connectivity index (χ4v) is 5.41. The predicted molar refractivity (Wildman–Crippen MR) is 110 cm³/mol. The van der Waals surface area contributed by atoms with Gasteiger partial charge in [0, 0.05) is 18.8 Å². The van der Waals surface area contributed by atoms with Crippen LogP contribution in [0.2, 0.25) is 0 Å². The molecule has 31 heavy (non-hydrogen) atoms. The summed E-state index contributed by atoms with van der Waals surface area (Å²) in [4.78, 5) is -0.248. The largest absolute Gasteiger partial charge is 0.573 e. The third kappa shape index (κ3) is 6.84. The zero-order valence-corrected chi connectivity index (χ0v) is 18.5. The van der Waals surface area contributed by atoms with Crippen LogP contribution in [0.3, 0.4) is 0 Å². The average Bonchev–Trinajstić information content (AvgIpc) is 2.67. The zero-order chi connectivity index (χ0) is 23.3. The van der Waals surface area contributed by atoms with Gasteiger partial charge in [-0.05, 0) is 61.4 Å². The smallest absolute Gasteiger partial charge is 0.406 e. The number of sulfonamides is 2. The number of nitrogens with one attached hydrogen (secondary N) is 1. The molecule has 2 aromatic rings. The molecule has 0 radical (unpaired) electrons. The number of hydrogen-bond donors (Lipinski definition) is 1. The van der Waals surface area contributed by atoms with Gasteiger partial charge in [-0.1, -0.05) is 13.8 Å². The molecule has 0 aliphatic rings. The lowest BCUT2D eigenvalue weighted by Crippen LogP contribution is -2.32. The van der Waals surface area contributed by atoms with Crippen molar-refractivity contribution >= 4 is 25.7 Å². The summed E-state index contributed by atoms with van der Waals surface area (Å²) in [6.07, 6.45) is -3.57. The Kier molecular flexibility index (Phi) is 7.95. The first-order chi connectivity index (χ1) is 14.4. The molecule has 0 bridgehead atoms. The Morgan fingerprint density at radius 1 is 0.839 bits per heavy atom. The van der Waals surface area contributed by atoms with E-state index in [2.05, 4.69) is 9.46 Å². The molecule has 0 aliphatic carbocycles. The van der Waals surface area contributed by atoms with Gasteiger partial charge in [0.15, 0.2) is 0 Å². The van der Waals surface area contributed by atoms with E-state index in [-0.39, 0.29) is 15.5 Å². The van der Waals surface area contributed by atoms with Crippen LogP contribution in [0.1, 0.15) is 26.7 Å². The minimum absolute atomic E-state index is 0.0333. The topological polar surface area (TPSA) is 92.8 Å². The highest BCUT2D eigenvalue weighted by atomic mass is 32.2. The van der Waals surface area contributed by atoms with E-state index in [4.69, 9.17) is 0 Å². The summed E-state index contributed by atoms with van der Waals surface area (Å²) in [5.74, 6) is -0.551. The molecule has 0 saturated carbocycles. The number of rotatable bonds is 10. The molecule has 1 N–H and O–H groups in total. The number of hydrogen-bond acceptors (Lipinski definition) is 5. The Hall–Kier alpha value is -2.31. The summed E-state index contributed by atoms with van der Waals surface area (Å²) >= 11 is 0. The number of halogens is 3. The van der Waals surface area contributed by atoms with E-state index in [9.17, 15) is 30.0 Å². The van der Waals surface area contributed by atoms with Gasteiger partial charge < -0.3 is 4.74 Å². The molecular weight excluding hydrogens is 457 g/mol. The number of ether oxygens (including phenoxy) is 1. The molecule has 172 valence electrons. The summed E-state index contributed by atoms with van der Waals surface area (Å²) in [7, 11) is -7.81. The van der Waals surface area contributed by atoms with E-state index in [1.807, 2.05) is 13.8 Å². The lowest BCUT2D eigenvalue weighted by molar-refractivity contribution is -0.274. The first-order valence-electron chi connectivity index (χ1n) is 9.38. The van der Waals surface area contributed by atoms with Crippen molar-refractivity contribution in [1.82, 2.24) is 4.31 Å². The van der Waals surface area contributed by atoms with Crippen LogP contribution in [-0.4, -0.2) is 40.6 Å². The second-order valence-corrected chi connectivity index (χ2v) is 10.2. The quantitative estimate of drug-likeness (QED) is 0.550. The standard InChI is InChI=1S/C19H23F3N2O5S2/c1-3-13-24(14-4-2)31(27,28)18-9-5-15(6-10-18)23-30(25,26)17-11-7-16(8-12-17)29-19(20,21)22/h5-12,23H,3-4,13-14H2,1-2H3. The van der Waals surface area contributed by atoms with E-state index < -0.39 is 32.2 Å². The molecule has 2 aromatic carbocycles. The van der Waals surface area contributed by atoms with Gasteiger partial charge >= 0.3 is 6.36 Å². The summed E-state index contributed by atoms with van der Waals surface area (Å²) in [6, 6.07) is 8.91. The van der Waals surface area contributed by atoms with Crippen molar-refractivity contribution in [2.24, 2.45) is 0 Å². The minimum Gasteiger partial charge on any atom is -0.406 e. The van der Waals surface area contributed by atoms with Crippen LogP contribution in [-0.2, 0) is 20.0 Å². The van der Waals surface area contributed by atoms with Crippen LogP contribution in [0.25, 0.3) is 0 Å². The van der Waals surface area contributed by atoms with Gasteiger partial charge in [0.05, 0.1) is 9.79 Å². The number of nitrogens with zero attached hydrogens (tertiary/aromatic N) is 1. The Labute approximate surface area is 179 Å². The second-order valence-electron chi connectivity index (χ2n) is 6.55. The SMILES string of the molecule is CCCN(CCC)S(=O)(=O)c1ccc(NS(=O)(=O)c2ccc(OC(F)(F)F)cc2)cc1. The van der Waals surface area contributed by atoms with Gasteiger partial charge in [-0.15, -0.1) is 13.2 Å². The van der Waals surface area contributed by atoms with Gasteiger partial charge in [-0.2, -0.15) is 4.31 Å². The Bertz CT molecular complexity index is 1060. The molecule has 2 rings (SSSR count). The highest BCUT2D eigenvalue weighted by Gasteiger charge is 2.31. The minimum atomic E-state index is -4.88. The van der Waals surface area contributed by atoms with E-state index in [0.717, 1.165) is 24.3 Å². The number of anilines is 1. The molecule has 7 nitrogen and oxygen atoms in total. The van der Waals surface area contributed by atoms with Crippen LogP contribution >= 0.6 is 0 Å². The summed E-state index contributed by atoms with van der Waals surface area (Å²) < 4.78 is 94.4. The molecule has 12 heteroatoms. The van der Waals surface area contributed by atoms with Crippen molar-refractivity contribution < 1.29 is 34.7 Å². The van der Waals surface area contributed by atoms with Crippen molar-refractivity contribution in [3.8, 4) is 5.75 Å². The lowest BCUT2D eigenvalue weighted by atomic mass is 10.3. The summed E-state index contributed by atoms with van der Waals surface area (Å²) in [5, 5.41) is 0. The van der Waals surface area contributed by atoms with Gasteiger partial charge in [0.2, 0.25) is 10.0 Å². The van der Waals surface area contributed by atoms with Crippen molar-refractivity contribution in [2.75, 3.05) is 17.8 Å². The first kappa shape index (κ1) is 25.0. The van der Waals surface area contributed by atoms with Crippen LogP contribution in [0.4, 0.5) is 18.9 Å². The molecule has 0 atom stereocenters. The molecule has 0 spiro atoms. The van der Waals surface area contributed by atoms with E-state index >= 15 is 0 Å². The third-order valence-electron chi connectivity index (χ3n) is 4.06. The third-order valence-corrected chi connectivity index (χ3v) is 7.37. The van der Waals surface area contributed by atoms with Gasteiger partial charge in [0.25, 0.3) is 10.0 Å². The fourth-order valence-electron chi connectivity index (χ4n) is 2.73. The Morgan fingerprint density at radius 2 is 1.32 bits per heavy atom. The van der Waals surface area contributed by atoms with Crippen LogP contribution in [0.15, 0.2) is 58.3 Å². The monoisotopic (exact) mass is 480 g/mol. The van der Waals surface area contributed by atoms with Crippen molar-refractivity contribution in [2.45, 2.75) is 42.8 Å². The van der Waals surface area contributed by atoms with E-state index in [1.54, 1.807) is 0 Å². The molecular formula is C19H23F3N2O5S2. The highest BCUT2D eigenvalue weighted by Crippen LogP contribution is 2.25. The zero-order valence-electron chi connectivity index (χ0n) is 16.9. The Morgan fingerprint density at radius 3 is 1.77 bits per heavy atom. The second kappa shape index (κ2) is 9.88. The predicted octanol–water partition coefficient (Wildman–Crippen LogP) is 4.20. The number of benzene rings is 2. The Balaban J connectivity index is 2.18. The molecule has 0 aromatic heterocycles. The lowest BCUT2D eigenvalue weighted by Gasteiger charge is -2.21. The van der Waals surface area contributed by atoms with Crippen molar-refractivity contribution in [3.63, 3.8) is 0 Å². The summed E-state index contributed by atoms with van der Waals surface area (Å²) in [6.45, 7) is 4.49. The molecule has 0 fully saturated rings. The molecule has 0 saturated heterocycles. The maximum Gasteiger partial charge on any atom is 0.573 e. The fraction of sp³-hybridized carbons (Fsp3) is 0.368. The maximum atomic E-state index is 12.8. The molecule has 0 amide bonds.